The Bertz CT molecular complexity index is 560. The van der Waals surface area contributed by atoms with Crippen molar-refractivity contribution in [1.82, 2.24) is 4.90 Å². The smallest absolute Gasteiger partial charge is 0.246 e. The molecule has 4 heteroatoms. The Labute approximate surface area is 172 Å². The molecule has 0 aromatic carbocycles. The average Bonchev–Trinajstić information content (AvgIpc) is 2.61. The van der Waals surface area contributed by atoms with Crippen LogP contribution < -0.4 is 0 Å². The van der Waals surface area contributed by atoms with Gasteiger partial charge in [0.1, 0.15) is 0 Å². The minimum atomic E-state index is -0.143. The van der Waals surface area contributed by atoms with Gasteiger partial charge in [0.05, 0.1) is 13.2 Å². The molecule has 0 atom stereocenters. The summed E-state index contributed by atoms with van der Waals surface area (Å²) in [4.78, 5) is 13.6. The number of amides is 1. The van der Waals surface area contributed by atoms with Crippen LogP contribution in [0.3, 0.4) is 0 Å². The molecular weight excluding hydrogens is 350 g/mol. The molecule has 160 valence electrons. The molecule has 0 heterocycles. The summed E-state index contributed by atoms with van der Waals surface area (Å²) in [5.41, 5.74) is 5.24. The zero-order chi connectivity index (χ0) is 21.4. The minimum absolute atomic E-state index is 0.0938. The van der Waals surface area contributed by atoms with Gasteiger partial charge in [0, 0.05) is 19.2 Å². The number of aliphatic hydroxyl groups excluding tert-OH is 2. The van der Waals surface area contributed by atoms with Crippen molar-refractivity contribution in [2.24, 2.45) is 0 Å². The topological polar surface area (TPSA) is 60.8 Å². The molecule has 0 spiro atoms. The Hall–Kier alpha value is -1.65. The fourth-order valence-electron chi connectivity index (χ4n) is 2.83. The molecule has 0 bridgehead atoms. The largest absolute Gasteiger partial charge is 0.395 e. The Kier molecular flexibility index (Phi) is 15.4. The molecule has 0 aromatic heterocycles. The summed E-state index contributed by atoms with van der Waals surface area (Å²) in [5.74, 6) is -0.143. The van der Waals surface area contributed by atoms with Gasteiger partial charge in [0.2, 0.25) is 5.91 Å². The Balaban J connectivity index is 4.31. The van der Waals surface area contributed by atoms with Crippen molar-refractivity contribution < 1.29 is 15.0 Å². The van der Waals surface area contributed by atoms with Gasteiger partial charge in [-0.15, -0.1) is 0 Å². The molecule has 2 N–H and O–H groups in total. The number of allylic oxidation sites excluding steroid dienone is 7. The van der Waals surface area contributed by atoms with Gasteiger partial charge < -0.3 is 15.1 Å². The van der Waals surface area contributed by atoms with Gasteiger partial charge >= 0.3 is 0 Å². The maximum Gasteiger partial charge on any atom is 0.246 e. The summed E-state index contributed by atoms with van der Waals surface area (Å²) in [6.07, 6.45) is 14.7. The van der Waals surface area contributed by atoms with Crippen LogP contribution in [0.2, 0.25) is 0 Å². The fraction of sp³-hybridized carbons (Fsp3) is 0.625. The SMILES string of the molecule is CC(C)=CCC/C(C)=C/CC/C(C)=C/CC/C(C)=C/C(=O)N(CCO)CCO. The van der Waals surface area contributed by atoms with Crippen molar-refractivity contribution in [3.05, 3.63) is 46.6 Å². The summed E-state index contributed by atoms with van der Waals surface area (Å²) >= 11 is 0. The van der Waals surface area contributed by atoms with Crippen LogP contribution in [0.15, 0.2) is 46.6 Å². The molecule has 28 heavy (non-hydrogen) atoms. The normalized spacial score (nSPS) is 12.9. The molecule has 0 aliphatic heterocycles. The number of hydrogen-bond donors (Lipinski definition) is 2. The lowest BCUT2D eigenvalue weighted by Gasteiger charge is -2.19. The van der Waals surface area contributed by atoms with Crippen LogP contribution in [0.1, 0.15) is 73.1 Å². The quantitative estimate of drug-likeness (QED) is 0.325. The van der Waals surface area contributed by atoms with E-state index < -0.39 is 0 Å². The van der Waals surface area contributed by atoms with E-state index in [1.54, 1.807) is 6.08 Å². The molecule has 0 aliphatic rings. The van der Waals surface area contributed by atoms with E-state index in [9.17, 15) is 4.79 Å². The molecule has 0 fully saturated rings. The maximum absolute atomic E-state index is 12.1. The Morgan fingerprint density at radius 1 is 0.714 bits per heavy atom. The molecule has 0 unspecified atom stereocenters. The first-order valence-electron chi connectivity index (χ1n) is 10.4. The molecule has 4 nitrogen and oxygen atoms in total. The number of carbonyl (C=O) groups is 1. The standard InChI is InChI=1S/C24H41NO3/c1-20(2)9-6-10-21(3)11-7-12-22(4)13-8-14-23(5)19-24(28)25(15-17-26)16-18-27/h9,11,13,19,26-27H,6-8,10,12,14-18H2,1-5H3/b21-11+,22-13+,23-19+. The first-order chi connectivity index (χ1) is 13.3. The zero-order valence-electron chi connectivity index (χ0n) is 18.6. The lowest BCUT2D eigenvalue weighted by atomic mass is 10.0. The molecule has 1 amide bonds. The highest BCUT2D eigenvalue weighted by atomic mass is 16.3. The van der Waals surface area contributed by atoms with Gasteiger partial charge in [-0.3, -0.25) is 4.79 Å². The predicted octanol–water partition coefficient (Wildman–Crippen LogP) is 4.95. The third kappa shape index (κ3) is 14.4. The van der Waals surface area contributed by atoms with Gasteiger partial charge in [0.15, 0.2) is 0 Å². The second-order valence-electron chi connectivity index (χ2n) is 7.76. The van der Waals surface area contributed by atoms with E-state index in [0.29, 0.717) is 0 Å². The molecule has 0 radical (unpaired) electrons. The second-order valence-corrected chi connectivity index (χ2v) is 7.76. The molecule has 0 saturated heterocycles. The first-order valence-corrected chi connectivity index (χ1v) is 10.4. The van der Waals surface area contributed by atoms with Crippen molar-refractivity contribution in [2.45, 2.75) is 73.1 Å². The number of carbonyl (C=O) groups excluding carboxylic acids is 1. The van der Waals surface area contributed by atoms with Crippen LogP contribution in [-0.4, -0.2) is 47.3 Å². The van der Waals surface area contributed by atoms with Crippen molar-refractivity contribution >= 4 is 5.91 Å². The predicted molar refractivity (Wildman–Crippen MR) is 119 cm³/mol. The fourth-order valence-corrected chi connectivity index (χ4v) is 2.83. The van der Waals surface area contributed by atoms with E-state index in [1.807, 2.05) is 6.92 Å². The molecule has 0 rings (SSSR count). The van der Waals surface area contributed by atoms with Gasteiger partial charge in [-0.2, -0.15) is 0 Å². The third-order valence-electron chi connectivity index (χ3n) is 4.58. The lowest BCUT2D eigenvalue weighted by Crippen LogP contribution is -2.34. The second kappa shape index (κ2) is 16.3. The van der Waals surface area contributed by atoms with Crippen molar-refractivity contribution in [1.29, 1.82) is 0 Å². The van der Waals surface area contributed by atoms with Crippen molar-refractivity contribution in [3.63, 3.8) is 0 Å². The maximum atomic E-state index is 12.1. The summed E-state index contributed by atoms with van der Waals surface area (Å²) in [6, 6.07) is 0. The highest BCUT2D eigenvalue weighted by Gasteiger charge is 2.09. The number of rotatable bonds is 14. The van der Waals surface area contributed by atoms with Gasteiger partial charge in [-0.25, -0.2) is 0 Å². The minimum Gasteiger partial charge on any atom is -0.395 e. The van der Waals surface area contributed by atoms with E-state index in [-0.39, 0.29) is 32.2 Å². The highest BCUT2D eigenvalue weighted by Crippen LogP contribution is 2.13. The first kappa shape index (κ1) is 26.4. The number of hydrogen-bond acceptors (Lipinski definition) is 3. The zero-order valence-corrected chi connectivity index (χ0v) is 18.6. The van der Waals surface area contributed by atoms with E-state index >= 15 is 0 Å². The van der Waals surface area contributed by atoms with Gasteiger partial charge in [-0.1, -0.05) is 40.5 Å². The van der Waals surface area contributed by atoms with Crippen LogP contribution in [0, 0.1) is 0 Å². The molecule has 0 saturated carbocycles. The molecular formula is C24H41NO3. The van der Waals surface area contributed by atoms with Crippen LogP contribution in [0.4, 0.5) is 0 Å². The van der Waals surface area contributed by atoms with E-state index in [0.717, 1.165) is 44.1 Å². The van der Waals surface area contributed by atoms with Crippen LogP contribution in [-0.2, 0) is 4.79 Å². The van der Waals surface area contributed by atoms with Gasteiger partial charge in [0.25, 0.3) is 0 Å². The summed E-state index contributed by atoms with van der Waals surface area (Å²) < 4.78 is 0. The highest BCUT2D eigenvalue weighted by molar-refractivity contribution is 5.88. The summed E-state index contributed by atoms with van der Waals surface area (Å²) in [6.45, 7) is 10.9. The molecule has 0 aromatic rings. The Morgan fingerprint density at radius 3 is 1.57 bits per heavy atom. The van der Waals surface area contributed by atoms with E-state index in [2.05, 4.69) is 45.9 Å². The van der Waals surface area contributed by atoms with Gasteiger partial charge in [-0.05, 0) is 73.1 Å². The van der Waals surface area contributed by atoms with Crippen LogP contribution in [0.25, 0.3) is 0 Å². The number of aliphatic hydroxyl groups is 2. The Morgan fingerprint density at radius 2 is 1.14 bits per heavy atom. The monoisotopic (exact) mass is 391 g/mol. The summed E-state index contributed by atoms with van der Waals surface area (Å²) in [5, 5.41) is 18.0. The van der Waals surface area contributed by atoms with Crippen molar-refractivity contribution in [3.8, 4) is 0 Å². The van der Waals surface area contributed by atoms with Crippen molar-refractivity contribution in [2.75, 3.05) is 26.3 Å². The van der Waals surface area contributed by atoms with Crippen LogP contribution >= 0.6 is 0 Å². The summed E-state index contributed by atoms with van der Waals surface area (Å²) in [7, 11) is 0. The van der Waals surface area contributed by atoms with Crippen LogP contribution in [0.5, 0.6) is 0 Å². The average molecular weight is 392 g/mol. The third-order valence-corrected chi connectivity index (χ3v) is 4.58. The lowest BCUT2D eigenvalue weighted by molar-refractivity contribution is -0.127. The molecule has 0 aliphatic carbocycles. The number of nitrogens with zero attached hydrogens (tertiary/aromatic N) is 1. The van der Waals surface area contributed by atoms with E-state index in [4.69, 9.17) is 10.2 Å². The van der Waals surface area contributed by atoms with E-state index in [1.165, 1.54) is 21.6 Å².